The molecular formula is C17H21NO2. The molecule has 0 aliphatic heterocycles. The molecule has 0 saturated carbocycles. The summed E-state index contributed by atoms with van der Waals surface area (Å²) in [5.41, 5.74) is 4.83. The molecule has 0 saturated heterocycles. The highest BCUT2D eigenvalue weighted by molar-refractivity contribution is 5.89. The highest BCUT2D eigenvalue weighted by Crippen LogP contribution is 2.29. The fraction of sp³-hybridized carbons (Fsp3) is 0.412. The summed E-state index contributed by atoms with van der Waals surface area (Å²) < 4.78 is 0. The molecule has 0 aliphatic rings. The summed E-state index contributed by atoms with van der Waals surface area (Å²) in [5.74, 6) is -0.809. The molecule has 0 aliphatic carbocycles. The average molecular weight is 271 g/mol. The number of aliphatic carboxylic acids is 1. The number of carbonyl (C=O) groups is 1. The van der Waals surface area contributed by atoms with E-state index in [0.717, 1.165) is 33.3 Å². The maximum atomic E-state index is 11.1. The van der Waals surface area contributed by atoms with Crippen LogP contribution < -0.4 is 0 Å². The van der Waals surface area contributed by atoms with Crippen molar-refractivity contribution in [1.82, 2.24) is 4.98 Å². The molecule has 0 bridgehead atoms. The Morgan fingerprint density at radius 2 is 1.85 bits per heavy atom. The van der Waals surface area contributed by atoms with E-state index < -0.39 is 5.97 Å². The third kappa shape index (κ3) is 2.82. The molecule has 0 spiro atoms. The van der Waals surface area contributed by atoms with Gasteiger partial charge in [0.05, 0.1) is 11.9 Å². The number of pyridine rings is 1. The normalized spacial score (nSPS) is 11.8. The molecule has 106 valence electrons. The summed E-state index contributed by atoms with van der Waals surface area (Å²) in [7, 11) is 0. The molecule has 0 fully saturated rings. The number of nitrogens with zero attached hydrogens (tertiary/aromatic N) is 1. The van der Waals surface area contributed by atoms with Crippen LogP contribution in [-0.2, 0) is 16.6 Å². The molecular weight excluding hydrogens is 250 g/mol. The second-order valence-corrected chi connectivity index (χ2v) is 6.47. The first-order valence-corrected chi connectivity index (χ1v) is 6.81. The van der Waals surface area contributed by atoms with E-state index in [2.05, 4.69) is 26.8 Å². The van der Waals surface area contributed by atoms with E-state index in [1.54, 1.807) is 0 Å². The van der Waals surface area contributed by atoms with Gasteiger partial charge in [0.25, 0.3) is 0 Å². The van der Waals surface area contributed by atoms with Crippen LogP contribution in [0.2, 0.25) is 0 Å². The van der Waals surface area contributed by atoms with Crippen molar-refractivity contribution in [2.75, 3.05) is 0 Å². The van der Waals surface area contributed by atoms with Gasteiger partial charge in [0.1, 0.15) is 0 Å². The monoisotopic (exact) mass is 271 g/mol. The molecule has 20 heavy (non-hydrogen) atoms. The maximum Gasteiger partial charge on any atom is 0.307 e. The van der Waals surface area contributed by atoms with E-state index in [0.29, 0.717) is 0 Å². The lowest BCUT2D eigenvalue weighted by molar-refractivity contribution is -0.136. The number of fused-ring (bicyclic) bond motifs is 1. The van der Waals surface area contributed by atoms with Crippen LogP contribution in [0.15, 0.2) is 18.2 Å². The van der Waals surface area contributed by atoms with Crippen LogP contribution in [0.5, 0.6) is 0 Å². The van der Waals surface area contributed by atoms with Crippen LogP contribution in [-0.4, -0.2) is 16.1 Å². The number of hydrogen-bond acceptors (Lipinski definition) is 2. The summed E-state index contributed by atoms with van der Waals surface area (Å²) in [6.07, 6.45) is 0.0327. The number of rotatable bonds is 2. The van der Waals surface area contributed by atoms with Crippen molar-refractivity contribution in [3.05, 3.63) is 40.6 Å². The topological polar surface area (TPSA) is 50.2 Å². The van der Waals surface area contributed by atoms with Crippen LogP contribution in [0.3, 0.4) is 0 Å². The number of aryl methyl sites for hydroxylation is 2. The van der Waals surface area contributed by atoms with Crippen molar-refractivity contribution in [3.8, 4) is 0 Å². The second kappa shape index (κ2) is 4.89. The Balaban J connectivity index is 2.81. The third-order valence-corrected chi connectivity index (χ3v) is 3.44. The minimum atomic E-state index is -0.809. The number of carboxylic acids is 1. The first kappa shape index (κ1) is 14.5. The average Bonchev–Trinajstić information content (AvgIpc) is 2.27. The summed E-state index contributed by atoms with van der Waals surface area (Å²) in [6.45, 7) is 10.3. The summed E-state index contributed by atoms with van der Waals surface area (Å²) in [6, 6.07) is 6.06. The lowest BCUT2D eigenvalue weighted by Crippen LogP contribution is -2.15. The van der Waals surface area contributed by atoms with Crippen molar-refractivity contribution in [3.63, 3.8) is 0 Å². The van der Waals surface area contributed by atoms with Crippen molar-refractivity contribution in [2.45, 2.75) is 46.5 Å². The van der Waals surface area contributed by atoms with Crippen LogP contribution in [0, 0.1) is 13.8 Å². The molecule has 2 rings (SSSR count). The lowest BCUT2D eigenvalue weighted by atomic mass is 9.88. The van der Waals surface area contributed by atoms with Gasteiger partial charge in [-0.2, -0.15) is 0 Å². The first-order chi connectivity index (χ1) is 9.18. The Morgan fingerprint density at radius 1 is 1.20 bits per heavy atom. The molecule has 0 unspecified atom stereocenters. The minimum absolute atomic E-state index is 0.0327. The third-order valence-electron chi connectivity index (χ3n) is 3.44. The van der Waals surface area contributed by atoms with Crippen LogP contribution >= 0.6 is 0 Å². The standard InChI is InChI=1S/C17H21NO2/c1-10-6-11(2)16-13(7-10)12(9-15(19)20)8-14(18-16)17(3,4)5/h6-8H,9H2,1-5H3,(H,19,20). The van der Waals surface area contributed by atoms with Crippen LogP contribution in [0.25, 0.3) is 10.9 Å². The van der Waals surface area contributed by atoms with Gasteiger partial charge in [-0.1, -0.05) is 32.4 Å². The Hall–Kier alpha value is -1.90. The molecule has 1 aromatic carbocycles. The van der Waals surface area contributed by atoms with Gasteiger partial charge in [-0.25, -0.2) is 0 Å². The smallest absolute Gasteiger partial charge is 0.307 e. The summed E-state index contributed by atoms with van der Waals surface area (Å²) in [5, 5.41) is 10.1. The maximum absolute atomic E-state index is 11.1. The van der Waals surface area contributed by atoms with Gasteiger partial charge < -0.3 is 5.11 Å². The van der Waals surface area contributed by atoms with Gasteiger partial charge in [0.2, 0.25) is 0 Å². The SMILES string of the molecule is Cc1cc(C)c2nc(C(C)(C)C)cc(CC(=O)O)c2c1. The number of aromatic nitrogens is 1. The molecule has 1 N–H and O–H groups in total. The zero-order valence-corrected chi connectivity index (χ0v) is 12.7. The molecule has 3 nitrogen and oxygen atoms in total. The summed E-state index contributed by atoms with van der Waals surface area (Å²) >= 11 is 0. The van der Waals surface area contributed by atoms with Gasteiger partial charge in [-0.3, -0.25) is 9.78 Å². The molecule has 2 aromatic rings. The quantitative estimate of drug-likeness (QED) is 0.904. The lowest BCUT2D eigenvalue weighted by Gasteiger charge is -2.20. The van der Waals surface area contributed by atoms with Crippen molar-refractivity contribution in [1.29, 1.82) is 0 Å². The number of benzene rings is 1. The number of carboxylic acid groups (broad SMARTS) is 1. The zero-order valence-electron chi connectivity index (χ0n) is 12.7. The van der Waals surface area contributed by atoms with E-state index >= 15 is 0 Å². The van der Waals surface area contributed by atoms with Crippen molar-refractivity contribution < 1.29 is 9.90 Å². The Morgan fingerprint density at radius 3 is 2.40 bits per heavy atom. The molecule has 0 atom stereocenters. The minimum Gasteiger partial charge on any atom is -0.481 e. The molecule has 1 aromatic heterocycles. The van der Waals surface area contributed by atoms with E-state index in [9.17, 15) is 4.79 Å². The van der Waals surface area contributed by atoms with E-state index in [1.165, 1.54) is 0 Å². The highest BCUT2D eigenvalue weighted by Gasteiger charge is 2.19. The second-order valence-electron chi connectivity index (χ2n) is 6.47. The molecule has 0 radical (unpaired) electrons. The largest absolute Gasteiger partial charge is 0.481 e. The van der Waals surface area contributed by atoms with Crippen molar-refractivity contribution >= 4 is 16.9 Å². The van der Waals surface area contributed by atoms with Crippen LogP contribution in [0.4, 0.5) is 0 Å². The Bertz CT molecular complexity index is 681. The highest BCUT2D eigenvalue weighted by atomic mass is 16.4. The van der Waals surface area contributed by atoms with Gasteiger partial charge in [0, 0.05) is 16.5 Å². The first-order valence-electron chi connectivity index (χ1n) is 6.81. The summed E-state index contributed by atoms with van der Waals surface area (Å²) in [4.78, 5) is 15.9. The molecule has 3 heteroatoms. The predicted molar refractivity (Wildman–Crippen MR) is 81.3 cm³/mol. The van der Waals surface area contributed by atoms with Crippen LogP contribution in [0.1, 0.15) is 43.2 Å². The van der Waals surface area contributed by atoms with Crippen molar-refractivity contribution in [2.24, 2.45) is 0 Å². The van der Waals surface area contributed by atoms with E-state index in [-0.39, 0.29) is 11.8 Å². The fourth-order valence-electron chi connectivity index (χ4n) is 2.44. The number of hydrogen-bond donors (Lipinski definition) is 1. The van der Waals surface area contributed by atoms with Gasteiger partial charge >= 0.3 is 5.97 Å². The zero-order chi connectivity index (χ0) is 15.1. The van der Waals surface area contributed by atoms with Gasteiger partial charge in [-0.15, -0.1) is 0 Å². The molecule has 0 amide bonds. The fourth-order valence-corrected chi connectivity index (χ4v) is 2.44. The Kier molecular flexibility index (Phi) is 3.55. The van der Waals surface area contributed by atoms with Gasteiger partial charge in [-0.05, 0) is 37.1 Å². The van der Waals surface area contributed by atoms with Gasteiger partial charge in [0.15, 0.2) is 0 Å². The van der Waals surface area contributed by atoms with E-state index in [4.69, 9.17) is 10.1 Å². The Labute approximate surface area is 119 Å². The molecule has 1 heterocycles. The van der Waals surface area contributed by atoms with E-state index in [1.807, 2.05) is 26.0 Å². The predicted octanol–water partition coefficient (Wildman–Crippen LogP) is 3.78.